The quantitative estimate of drug-likeness (QED) is 0.390. The van der Waals surface area contributed by atoms with E-state index in [1.807, 2.05) is 52.0 Å². The summed E-state index contributed by atoms with van der Waals surface area (Å²) in [5.74, 6) is 0.245. The lowest BCUT2D eigenvalue weighted by molar-refractivity contribution is -0.169. The number of fused-ring (bicyclic) bond motifs is 2. The van der Waals surface area contributed by atoms with Crippen LogP contribution in [0.5, 0.6) is 5.75 Å². The number of methoxy groups -OCH3 is 1. The Morgan fingerprint density at radius 1 is 1.02 bits per heavy atom. The number of rotatable bonds is 6. The summed E-state index contributed by atoms with van der Waals surface area (Å²) in [7, 11) is 4.87. The largest absolute Gasteiger partial charge is 0.497 e. The smallest absolute Gasteiger partial charge is 0.416 e. The minimum absolute atomic E-state index is 0. The maximum Gasteiger partial charge on any atom is 0.416 e. The van der Waals surface area contributed by atoms with Crippen molar-refractivity contribution in [2.75, 3.05) is 21.2 Å². The molecule has 0 saturated carbocycles. The number of aliphatic imine (C=N–C) groups is 2. The number of ether oxygens (including phenoxy) is 5. The van der Waals surface area contributed by atoms with Gasteiger partial charge in [-0.3, -0.25) is 24.5 Å². The van der Waals surface area contributed by atoms with Gasteiger partial charge in [0.15, 0.2) is 21.9 Å². The number of amidine groups is 2. The van der Waals surface area contributed by atoms with Crippen molar-refractivity contribution in [1.82, 2.24) is 10.2 Å². The maximum atomic E-state index is 12.5. The van der Waals surface area contributed by atoms with Gasteiger partial charge >= 0.3 is 6.09 Å². The number of amides is 1. The van der Waals surface area contributed by atoms with Gasteiger partial charge in [0, 0.05) is 20.0 Å². The van der Waals surface area contributed by atoms with E-state index < -0.39 is 47.6 Å². The molecule has 3 fully saturated rings. The van der Waals surface area contributed by atoms with Crippen LogP contribution in [0.3, 0.4) is 0 Å². The zero-order valence-corrected chi connectivity index (χ0v) is 30.2. The van der Waals surface area contributed by atoms with E-state index in [1.54, 1.807) is 21.2 Å². The van der Waals surface area contributed by atoms with Crippen LogP contribution in [0.25, 0.3) is 0 Å². The Kier molecular flexibility index (Phi) is 14.1. The summed E-state index contributed by atoms with van der Waals surface area (Å²) in [5, 5.41) is 23.7. The van der Waals surface area contributed by atoms with E-state index in [2.05, 4.69) is 10.3 Å². The van der Waals surface area contributed by atoms with Crippen LogP contribution < -0.4 is 10.1 Å². The van der Waals surface area contributed by atoms with Crippen LogP contribution in [0.2, 0.25) is 0 Å². The predicted octanol–water partition coefficient (Wildman–Crippen LogP) is 3.22. The molecule has 0 spiro atoms. The van der Waals surface area contributed by atoms with E-state index in [4.69, 9.17) is 28.7 Å². The molecule has 4 aliphatic rings. The van der Waals surface area contributed by atoms with E-state index in [0.29, 0.717) is 16.9 Å². The van der Waals surface area contributed by atoms with Crippen LogP contribution in [0.15, 0.2) is 34.3 Å². The second-order valence-corrected chi connectivity index (χ2v) is 15.1. The van der Waals surface area contributed by atoms with Crippen molar-refractivity contribution < 1.29 is 48.3 Å². The van der Waals surface area contributed by atoms with E-state index >= 15 is 0 Å². The Bertz CT molecular complexity index is 1390. The molecule has 0 aromatic heterocycles. The van der Waals surface area contributed by atoms with Crippen molar-refractivity contribution in [1.29, 1.82) is 0 Å². The van der Waals surface area contributed by atoms with Gasteiger partial charge in [-0.25, -0.2) is 4.79 Å². The predicted molar refractivity (Wildman–Crippen MR) is 189 cm³/mol. The summed E-state index contributed by atoms with van der Waals surface area (Å²) >= 11 is 2.63. The van der Waals surface area contributed by atoms with E-state index in [-0.39, 0.29) is 42.5 Å². The Morgan fingerprint density at radius 2 is 1.63 bits per heavy atom. The number of hydrogen-bond acceptors (Lipinski definition) is 14. The molecule has 5 rings (SSSR count). The average Bonchev–Trinajstić information content (AvgIpc) is 3.65. The highest BCUT2D eigenvalue weighted by atomic mass is 32.2. The van der Waals surface area contributed by atoms with E-state index in [1.165, 1.54) is 42.3 Å². The fraction of sp³-hybridized carbons (Fsp3) is 0.667. The molecule has 49 heavy (non-hydrogen) atoms. The van der Waals surface area contributed by atoms with Crippen molar-refractivity contribution in [3.8, 4) is 5.75 Å². The maximum absolute atomic E-state index is 12.5. The molecule has 4 aliphatic heterocycles. The highest BCUT2D eigenvalue weighted by Crippen LogP contribution is 2.41. The van der Waals surface area contributed by atoms with Crippen molar-refractivity contribution in [3.63, 3.8) is 0 Å². The molecule has 0 radical (unpaired) electrons. The van der Waals surface area contributed by atoms with E-state index in [0.717, 1.165) is 11.3 Å². The highest BCUT2D eigenvalue weighted by Gasteiger charge is 2.51. The summed E-state index contributed by atoms with van der Waals surface area (Å²) in [4.78, 5) is 46.1. The molecule has 1 aromatic rings. The molecule has 0 aliphatic carbocycles. The van der Waals surface area contributed by atoms with Crippen LogP contribution in [-0.4, -0.2) is 123 Å². The summed E-state index contributed by atoms with van der Waals surface area (Å²) < 4.78 is 28.5. The monoisotopic (exact) mass is 726 g/mol. The summed E-state index contributed by atoms with van der Waals surface area (Å²) in [6.07, 6.45) is -4.61. The molecule has 3 N–H and O–H groups in total. The first kappa shape index (κ1) is 40.7. The number of aliphatic hydroxyl groups is 2. The first-order valence-corrected chi connectivity index (χ1v) is 17.3. The SMILES string of the molecule is C.CN=C1N[C@@H]2[C@@H](O)[C@H](O)C(C(C)=O)O[C@@H]2S1.COc1ccc(CO[C@@H]2[C@H]3N=C(N(C)C(=O)OC(C)(C)C)S[C@H]3OC(C(C)=O)[C@H]2C)cc1. The number of nitrogens with zero attached hydrogens (tertiary/aromatic N) is 3. The molecule has 2 unspecified atom stereocenters. The fourth-order valence-corrected chi connectivity index (χ4v) is 7.78. The van der Waals surface area contributed by atoms with Crippen LogP contribution in [-0.2, 0) is 35.1 Å². The van der Waals surface area contributed by atoms with Crippen LogP contribution in [0.4, 0.5) is 4.79 Å². The van der Waals surface area contributed by atoms with Crippen LogP contribution in [0, 0.1) is 5.92 Å². The first-order chi connectivity index (χ1) is 22.5. The van der Waals surface area contributed by atoms with Crippen molar-refractivity contribution >= 4 is 51.5 Å². The van der Waals surface area contributed by atoms with Crippen LogP contribution >= 0.6 is 23.5 Å². The van der Waals surface area contributed by atoms with Gasteiger partial charge in [-0.2, -0.15) is 0 Å². The number of Topliss-reactive ketones (excluding diaryl/α,β-unsaturated/α-hetero) is 2. The topological polar surface area (TPSA) is 178 Å². The standard InChI is InChI=1S/C23H32N2O6S.C9H14N2O4S.CH4/c1-13-18(14(2)26)30-20-17(19(13)29-12-15-8-10-16(28-7)11-9-15)24-21(32-20)25(6)22(27)31-23(3,4)5;1-3(12)7-6(14)5(13)4-8(15-7)16-9(10-2)11-4;/h8-11,13,17-20H,12H2,1-7H3;4-8,13-14H,1-2H3,(H,10,11);1H4/t13-,17-,18?,19+,20-;4-,5-,6+,7?,8-;/m11./s1. The Labute approximate surface area is 296 Å². The molecule has 10 atom stereocenters. The van der Waals surface area contributed by atoms with Gasteiger partial charge in [0.05, 0.1) is 25.9 Å². The normalized spacial score (nSPS) is 32.6. The summed E-state index contributed by atoms with van der Waals surface area (Å²) in [6, 6.07) is 6.88. The second kappa shape index (κ2) is 17.0. The highest BCUT2D eigenvalue weighted by molar-refractivity contribution is 8.14. The van der Waals surface area contributed by atoms with Gasteiger partial charge < -0.3 is 39.2 Å². The number of hydrogen-bond donors (Lipinski definition) is 3. The number of ketones is 2. The van der Waals surface area contributed by atoms with Gasteiger partial charge in [0.2, 0.25) is 0 Å². The van der Waals surface area contributed by atoms with Gasteiger partial charge in [-0.15, -0.1) is 0 Å². The third kappa shape index (κ3) is 9.74. The molecular weight excluding hydrogens is 677 g/mol. The summed E-state index contributed by atoms with van der Waals surface area (Å²) in [5.41, 5.74) is -0.426. The Hall–Kier alpha value is -2.73. The molecular formula is C33H50N4O10S2. The molecule has 14 nitrogen and oxygen atoms in total. The minimum Gasteiger partial charge on any atom is -0.497 e. The lowest BCUT2D eigenvalue weighted by Gasteiger charge is -2.40. The molecule has 0 bridgehead atoms. The number of thioether (sulfide) groups is 2. The lowest BCUT2D eigenvalue weighted by atomic mass is 9.88. The summed E-state index contributed by atoms with van der Waals surface area (Å²) in [6.45, 7) is 10.6. The molecule has 16 heteroatoms. The van der Waals surface area contributed by atoms with Gasteiger partial charge in [-0.05, 0) is 52.3 Å². The van der Waals surface area contributed by atoms with Gasteiger partial charge in [-0.1, -0.05) is 50.0 Å². The first-order valence-electron chi connectivity index (χ1n) is 15.6. The molecule has 274 valence electrons. The zero-order valence-electron chi connectivity index (χ0n) is 28.6. The van der Waals surface area contributed by atoms with Crippen molar-refractivity contribution in [3.05, 3.63) is 29.8 Å². The van der Waals surface area contributed by atoms with Crippen molar-refractivity contribution in [2.45, 2.75) is 115 Å². The second-order valence-electron chi connectivity index (χ2n) is 12.9. The molecule has 3 saturated heterocycles. The molecule has 1 aromatic carbocycles. The zero-order chi connectivity index (χ0) is 35.5. The number of nitrogens with one attached hydrogen (secondary N) is 1. The number of aliphatic hydroxyl groups excluding tert-OH is 2. The Morgan fingerprint density at radius 3 is 2.18 bits per heavy atom. The lowest BCUT2D eigenvalue weighted by Crippen LogP contribution is -2.60. The molecule has 4 heterocycles. The minimum atomic E-state index is -1.19. The fourth-order valence-electron chi connectivity index (χ4n) is 5.54. The number of benzene rings is 1. The van der Waals surface area contributed by atoms with Crippen LogP contribution in [0.1, 0.15) is 54.5 Å². The van der Waals surface area contributed by atoms with Crippen molar-refractivity contribution in [2.24, 2.45) is 15.9 Å². The Balaban J connectivity index is 0.000000321. The molecule has 1 amide bonds. The third-order valence-corrected chi connectivity index (χ3v) is 10.4. The van der Waals surface area contributed by atoms with Gasteiger partial charge in [0.25, 0.3) is 0 Å². The van der Waals surface area contributed by atoms with Gasteiger partial charge in [0.1, 0.15) is 52.7 Å². The third-order valence-electron chi connectivity index (χ3n) is 8.05. The van der Waals surface area contributed by atoms with E-state index in [9.17, 15) is 24.6 Å². The number of carbonyl (C=O) groups excluding carboxylic acids is 3. The average molecular weight is 727 g/mol. The number of carbonyl (C=O) groups is 3.